The normalized spacial score (nSPS) is 10.0. The fourth-order valence-corrected chi connectivity index (χ4v) is 2.77. The Kier molecular flexibility index (Phi) is 6.92. The number of ether oxygens (including phenoxy) is 1. The number of furan rings is 1. The summed E-state index contributed by atoms with van der Waals surface area (Å²) in [7, 11) is 0. The fraction of sp³-hybridized carbons (Fsp3) is 0.167. The number of carbonyl (C=O) groups excluding carboxylic acids is 3. The van der Waals surface area contributed by atoms with Gasteiger partial charge in [-0.1, -0.05) is 12.2 Å². The molecule has 0 bridgehead atoms. The van der Waals surface area contributed by atoms with Crippen LogP contribution in [-0.4, -0.2) is 42.4 Å². The Morgan fingerprint density at radius 2 is 1.92 bits per heavy atom. The molecule has 0 radical (unpaired) electrons. The molecule has 0 spiro atoms. The van der Waals surface area contributed by atoms with Crippen LogP contribution >= 0.6 is 11.3 Å². The molecule has 2 rings (SSSR count). The van der Waals surface area contributed by atoms with Crippen molar-refractivity contribution in [1.29, 1.82) is 0 Å². The van der Waals surface area contributed by atoms with Crippen LogP contribution in [0.15, 0.2) is 60.3 Å². The first-order valence-corrected chi connectivity index (χ1v) is 8.48. The average Bonchev–Trinajstić information content (AvgIpc) is 3.31. The minimum absolute atomic E-state index is 0.164. The number of hydrogen-bond donors (Lipinski definition) is 1. The van der Waals surface area contributed by atoms with E-state index >= 15 is 0 Å². The van der Waals surface area contributed by atoms with Gasteiger partial charge in [0.2, 0.25) is 0 Å². The molecule has 0 atom stereocenters. The largest absolute Gasteiger partial charge is 0.459 e. The lowest BCUT2D eigenvalue weighted by Gasteiger charge is -2.18. The van der Waals surface area contributed by atoms with Crippen LogP contribution < -0.4 is 5.32 Å². The van der Waals surface area contributed by atoms with Gasteiger partial charge < -0.3 is 19.4 Å². The van der Waals surface area contributed by atoms with Gasteiger partial charge in [0.15, 0.2) is 12.4 Å². The summed E-state index contributed by atoms with van der Waals surface area (Å²) >= 11 is 1.04. The van der Waals surface area contributed by atoms with E-state index in [1.165, 1.54) is 23.3 Å². The second-order valence-corrected chi connectivity index (χ2v) is 6.13. The summed E-state index contributed by atoms with van der Waals surface area (Å²) in [6.45, 7) is 7.45. The van der Waals surface area contributed by atoms with E-state index in [4.69, 9.17) is 9.15 Å². The molecule has 0 saturated carbocycles. The standard InChI is InChI=1S/C18H18N2O5S/c1-3-9-20(10-4-2)16(21)12-25-18(23)14-7-8-15(26-14)19-17(22)13-6-5-11-24-13/h3-8,11H,1-2,9-10,12H2,(H,19,22). The molecule has 8 heteroatoms. The maximum atomic E-state index is 12.1. The highest BCUT2D eigenvalue weighted by Crippen LogP contribution is 2.23. The van der Waals surface area contributed by atoms with Gasteiger partial charge in [-0.15, -0.1) is 24.5 Å². The van der Waals surface area contributed by atoms with Gasteiger partial charge in [-0.25, -0.2) is 4.79 Å². The van der Waals surface area contributed by atoms with Crippen LogP contribution in [0.5, 0.6) is 0 Å². The molecule has 1 N–H and O–H groups in total. The van der Waals surface area contributed by atoms with Crippen molar-refractivity contribution in [1.82, 2.24) is 4.90 Å². The first-order chi connectivity index (χ1) is 12.5. The molecule has 2 aromatic rings. The van der Waals surface area contributed by atoms with Gasteiger partial charge in [0.25, 0.3) is 11.8 Å². The summed E-state index contributed by atoms with van der Waals surface area (Å²) in [6.07, 6.45) is 4.55. The number of amides is 2. The third kappa shape index (κ3) is 5.18. The predicted molar refractivity (Wildman–Crippen MR) is 98.2 cm³/mol. The number of anilines is 1. The molecule has 2 heterocycles. The molecule has 2 amide bonds. The fourth-order valence-electron chi connectivity index (χ4n) is 1.98. The third-order valence-corrected chi connectivity index (χ3v) is 4.15. The Morgan fingerprint density at radius 1 is 1.19 bits per heavy atom. The molecular formula is C18H18N2O5S. The second-order valence-electron chi connectivity index (χ2n) is 5.05. The van der Waals surface area contributed by atoms with E-state index in [0.717, 1.165) is 11.3 Å². The van der Waals surface area contributed by atoms with Crippen molar-refractivity contribution in [3.05, 3.63) is 66.5 Å². The number of thiophene rings is 1. The molecule has 0 fully saturated rings. The molecular weight excluding hydrogens is 356 g/mol. The van der Waals surface area contributed by atoms with Gasteiger partial charge in [-0.3, -0.25) is 9.59 Å². The van der Waals surface area contributed by atoms with Gasteiger partial charge in [-0.05, 0) is 24.3 Å². The highest BCUT2D eigenvalue weighted by atomic mass is 32.1. The summed E-state index contributed by atoms with van der Waals surface area (Å²) in [5, 5.41) is 3.08. The Labute approximate surface area is 154 Å². The first-order valence-electron chi connectivity index (χ1n) is 7.66. The molecule has 136 valence electrons. The number of hydrogen-bond acceptors (Lipinski definition) is 6. The van der Waals surface area contributed by atoms with Crippen molar-refractivity contribution in [3.63, 3.8) is 0 Å². The van der Waals surface area contributed by atoms with Crippen molar-refractivity contribution >= 4 is 34.1 Å². The van der Waals surface area contributed by atoms with Gasteiger partial charge in [0.05, 0.1) is 11.3 Å². The molecule has 0 aliphatic heterocycles. The monoisotopic (exact) mass is 374 g/mol. The minimum atomic E-state index is -0.640. The van der Waals surface area contributed by atoms with E-state index in [1.54, 1.807) is 24.3 Å². The Bertz CT molecular complexity index is 784. The molecule has 0 saturated heterocycles. The van der Waals surface area contributed by atoms with Gasteiger partial charge in [0, 0.05) is 13.1 Å². The van der Waals surface area contributed by atoms with Crippen molar-refractivity contribution in [3.8, 4) is 0 Å². The third-order valence-electron chi connectivity index (χ3n) is 3.17. The van der Waals surface area contributed by atoms with E-state index < -0.39 is 11.9 Å². The SMILES string of the molecule is C=CCN(CC=C)C(=O)COC(=O)c1ccc(NC(=O)c2ccco2)s1. The van der Waals surface area contributed by atoms with Crippen LogP contribution in [0.3, 0.4) is 0 Å². The number of esters is 1. The molecule has 0 aromatic carbocycles. The van der Waals surface area contributed by atoms with Crippen molar-refractivity contribution in [2.75, 3.05) is 25.0 Å². The van der Waals surface area contributed by atoms with Crippen LogP contribution in [0, 0.1) is 0 Å². The van der Waals surface area contributed by atoms with Crippen LogP contribution in [0.2, 0.25) is 0 Å². The zero-order chi connectivity index (χ0) is 18.9. The smallest absolute Gasteiger partial charge is 0.348 e. The Hall–Kier alpha value is -3.13. The zero-order valence-corrected chi connectivity index (χ0v) is 14.8. The van der Waals surface area contributed by atoms with Crippen LogP contribution in [0.1, 0.15) is 20.2 Å². The number of nitrogens with one attached hydrogen (secondary N) is 1. The maximum absolute atomic E-state index is 12.1. The number of rotatable bonds is 9. The van der Waals surface area contributed by atoms with Crippen LogP contribution in [0.25, 0.3) is 0 Å². The summed E-state index contributed by atoms with van der Waals surface area (Å²) in [5.74, 6) is -1.24. The van der Waals surface area contributed by atoms with Gasteiger partial charge in [-0.2, -0.15) is 0 Å². The zero-order valence-electron chi connectivity index (χ0n) is 14.0. The quantitative estimate of drug-likeness (QED) is 0.538. The molecule has 2 aromatic heterocycles. The lowest BCUT2D eigenvalue weighted by atomic mass is 10.4. The van der Waals surface area contributed by atoms with E-state index in [-0.39, 0.29) is 23.2 Å². The van der Waals surface area contributed by atoms with E-state index in [0.29, 0.717) is 18.1 Å². The molecule has 7 nitrogen and oxygen atoms in total. The van der Waals surface area contributed by atoms with Crippen LogP contribution in [-0.2, 0) is 9.53 Å². The van der Waals surface area contributed by atoms with Crippen molar-refractivity contribution in [2.24, 2.45) is 0 Å². The highest BCUT2D eigenvalue weighted by Gasteiger charge is 2.17. The average molecular weight is 374 g/mol. The van der Waals surface area contributed by atoms with Gasteiger partial charge in [0.1, 0.15) is 4.88 Å². The summed E-state index contributed by atoms with van der Waals surface area (Å²) in [5.41, 5.74) is 0. The summed E-state index contributed by atoms with van der Waals surface area (Å²) in [4.78, 5) is 37.7. The molecule has 0 aliphatic rings. The first kappa shape index (κ1) is 19.2. The number of carbonyl (C=O) groups is 3. The lowest BCUT2D eigenvalue weighted by molar-refractivity contribution is -0.133. The van der Waals surface area contributed by atoms with E-state index in [2.05, 4.69) is 18.5 Å². The summed E-state index contributed by atoms with van der Waals surface area (Å²) in [6, 6.07) is 6.22. The Morgan fingerprint density at radius 3 is 2.54 bits per heavy atom. The second kappa shape index (κ2) is 9.38. The highest BCUT2D eigenvalue weighted by molar-refractivity contribution is 7.18. The van der Waals surface area contributed by atoms with Gasteiger partial charge >= 0.3 is 5.97 Å². The summed E-state index contributed by atoms with van der Waals surface area (Å²) < 4.78 is 10.0. The van der Waals surface area contributed by atoms with Crippen molar-refractivity contribution < 1.29 is 23.5 Å². The molecule has 0 unspecified atom stereocenters. The van der Waals surface area contributed by atoms with Crippen molar-refractivity contribution in [2.45, 2.75) is 0 Å². The topological polar surface area (TPSA) is 88.9 Å². The molecule has 26 heavy (non-hydrogen) atoms. The lowest BCUT2D eigenvalue weighted by Crippen LogP contribution is -2.34. The van der Waals surface area contributed by atoms with Crippen LogP contribution in [0.4, 0.5) is 5.00 Å². The number of nitrogens with zero attached hydrogens (tertiary/aromatic N) is 1. The predicted octanol–water partition coefficient (Wildman–Crippen LogP) is 2.95. The Balaban J connectivity index is 1.89. The van der Waals surface area contributed by atoms with E-state index in [9.17, 15) is 14.4 Å². The van der Waals surface area contributed by atoms with E-state index in [1.807, 2.05) is 0 Å². The maximum Gasteiger partial charge on any atom is 0.348 e. The molecule has 0 aliphatic carbocycles. The minimum Gasteiger partial charge on any atom is -0.459 e.